The lowest BCUT2D eigenvalue weighted by Gasteiger charge is -2.39. The third-order valence-corrected chi connectivity index (χ3v) is 5.01. The van der Waals surface area contributed by atoms with E-state index in [4.69, 9.17) is 11.6 Å². The number of hydrogen-bond donors (Lipinski definition) is 1. The van der Waals surface area contributed by atoms with E-state index in [0.717, 1.165) is 12.1 Å². The minimum absolute atomic E-state index is 0.0664. The Labute approximate surface area is 148 Å². The maximum absolute atomic E-state index is 12.9. The first kappa shape index (κ1) is 16.9. The van der Waals surface area contributed by atoms with Crippen LogP contribution in [0.1, 0.15) is 36.8 Å². The summed E-state index contributed by atoms with van der Waals surface area (Å²) >= 11 is 6.26. The number of rotatable bonds is 2. The summed E-state index contributed by atoms with van der Waals surface area (Å²) < 4.78 is 2.31. The predicted molar refractivity (Wildman–Crippen MR) is 98.7 cm³/mol. The zero-order valence-corrected chi connectivity index (χ0v) is 15.4. The summed E-state index contributed by atoms with van der Waals surface area (Å²) in [6.45, 7) is 9.92. The van der Waals surface area contributed by atoms with E-state index < -0.39 is 0 Å². The summed E-state index contributed by atoms with van der Waals surface area (Å²) in [7, 11) is 0. The summed E-state index contributed by atoms with van der Waals surface area (Å²) in [6, 6.07) is 9.91. The summed E-state index contributed by atoms with van der Waals surface area (Å²) in [5.41, 5.74) is 4.19. The average Bonchev–Trinajstić information content (AvgIpc) is 2.90. The van der Waals surface area contributed by atoms with Crippen molar-refractivity contribution in [2.45, 2.75) is 40.3 Å². The minimum atomic E-state index is -0.0930. The molecule has 4 nitrogen and oxygen atoms in total. The summed E-state index contributed by atoms with van der Waals surface area (Å²) in [6.07, 6.45) is 0. The molecule has 5 heteroatoms. The molecule has 1 aromatic heterocycles. The molecule has 1 aromatic carbocycles. The monoisotopic (exact) mass is 345 g/mol. The fourth-order valence-corrected chi connectivity index (χ4v) is 3.78. The first-order valence-electron chi connectivity index (χ1n) is 8.38. The van der Waals surface area contributed by atoms with Crippen LogP contribution in [0.4, 0.5) is 10.5 Å². The molecule has 1 N–H and O–H groups in total. The van der Waals surface area contributed by atoms with Crippen molar-refractivity contribution in [2.75, 3.05) is 11.9 Å². The van der Waals surface area contributed by atoms with Crippen LogP contribution in [-0.2, 0) is 6.54 Å². The molecule has 0 spiro atoms. The lowest BCUT2D eigenvalue weighted by molar-refractivity contribution is 0.143. The Bertz CT molecular complexity index is 766. The van der Waals surface area contributed by atoms with Crippen LogP contribution >= 0.6 is 11.6 Å². The van der Waals surface area contributed by atoms with Gasteiger partial charge in [-0.1, -0.05) is 31.5 Å². The van der Waals surface area contributed by atoms with E-state index in [2.05, 4.69) is 42.8 Å². The topological polar surface area (TPSA) is 37.3 Å². The third-order valence-electron chi connectivity index (χ3n) is 4.69. The first-order valence-corrected chi connectivity index (χ1v) is 8.76. The molecule has 24 heavy (non-hydrogen) atoms. The largest absolute Gasteiger partial charge is 0.345 e. The Morgan fingerprint density at radius 1 is 1.21 bits per heavy atom. The van der Waals surface area contributed by atoms with Crippen molar-refractivity contribution in [3.05, 3.63) is 52.3 Å². The van der Waals surface area contributed by atoms with Gasteiger partial charge in [-0.2, -0.15) is 0 Å². The van der Waals surface area contributed by atoms with E-state index in [1.165, 1.54) is 11.4 Å². The molecule has 0 bridgehead atoms. The number of benzene rings is 1. The molecule has 0 saturated carbocycles. The van der Waals surface area contributed by atoms with E-state index in [0.29, 0.717) is 23.2 Å². The van der Waals surface area contributed by atoms with Gasteiger partial charge < -0.3 is 14.8 Å². The smallest absolute Gasteiger partial charge is 0.322 e. The lowest BCUT2D eigenvalue weighted by atomic mass is 9.97. The highest BCUT2D eigenvalue weighted by atomic mass is 35.5. The maximum Gasteiger partial charge on any atom is 0.322 e. The second-order valence-electron chi connectivity index (χ2n) is 6.85. The lowest BCUT2D eigenvalue weighted by Crippen LogP contribution is -2.46. The normalized spacial score (nSPS) is 17.1. The van der Waals surface area contributed by atoms with Crippen molar-refractivity contribution in [2.24, 2.45) is 5.92 Å². The van der Waals surface area contributed by atoms with Gasteiger partial charge in [0.15, 0.2) is 0 Å². The van der Waals surface area contributed by atoms with Crippen LogP contribution in [-0.4, -0.2) is 22.0 Å². The zero-order valence-electron chi connectivity index (χ0n) is 14.6. The summed E-state index contributed by atoms with van der Waals surface area (Å²) in [4.78, 5) is 14.8. The Morgan fingerprint density at radius 2 is 1.96 bits per heavy atom. The van der Waals surface area contributed by atoms with Crippen molar-refractivity contribution in [3.63, 3.8) is 0 Å². The van der Waals surface area contributed by atoms with Crippen LogP contribution < -0.4 is 5.32 Å². The van der Waals surface area contributed by atoms with E-state index in [9.17, 15) is 4.79 Å². The molecule has 1 aliphatic rings. The highest BCUT2D eigenvalue weighted by molar-refractivity contribution is 6.33. The molecule has 0 unspecified atom stereocenters. The van der Waals surface area contributed by atoms with E-state index >= 15 is 0 Å². The van der Waals surface area contributed by atoms with Gasteiger partial charge >= 0.3 is 6.03 Å². The molecule has 0 radical (unpaired) electrons. The van der Waals surface area contributed by atoms with Gasteiger partial charge in [0.25, 0.3) is 0 Å². The number of fused-ring (bicyclic) bond motifs is 1. The number of urea groups is 1. The fraction of sp³-hybridized carbons (Fsp3) is 0.421. The average molecular weight is 346 g/mol. The van der Waals surface area contributed by atoms with Gasteiger partial charge in [0, 0.05) is 24.5 Å². The van der Waals surface area contributed by atoms with Gasteiger partial charge in [-0.25, -0.2) is 4.79 Å². The van der Waals surface area contributed by atoms with E-state index in [1.807, 2.05) is 30.0 Å². The Kier molecular flexibility index (Phi) is 4.59. The Morgan fingerprint density at radius 3 is 2.62 bits per heavy atom. The van der Waals surface area contributed by atoms with Crippen LogP contribution in [0, 0.1) is 19.8 Å². The fourth-order valence-electron chi connectivity index (χ4n) is 3.50. The highest BCUT2D eigenvalue weighted by Crippen LogP contribution is 2.34. The Hall–Kier alpha value is -1.94. The molecule has 0 saturated heterocycles. The summed E-state index contributed by atoms with van der Waals surface area (Å²) in [5.74, 6) is 0.331. The van der Waals surface area contributed by atoms with Gasteiger partial charge in [0.05, 0.1) is 16.8 Å². The van der Waals surface area contributed by atoms with E-state index in [-0.39, 0.29) is 12.1 Å². The molecule has 1 atom stereocenters. The predicted octanol–water partition coefficient (Wildman–Crippen LogP) is 5.00. The SMILES string of the molecule is Cc1ccc(NC(=O)N2CCn3c(C)ccc3[C@H]2C(C)C)c(Cl)c1. The van der Waals surface area contributed by atoms with Gasteiger partial charge in [-0.05, 0) is 49.6 Å². The van der Waals surface area contributed by atoms with Crippen molar-refractivity contribution < 1.29 is 4.79 Å². The summed E-state index contributed by atoms with van der Waals surface area (Å²) in [5, 5.41) is 3.55. The molecule has 0 aliphatic carbocycles. The molecular weight excluding hydrogens is 322 g/mol. The number of hydrogen-bond acceptors (Lipinski definition) is 1. The number of halogens is 1. The molecule has 2 amide bonds. The third kappa shape index (κ3) is 3.03. The molecule has 1 aliphatic heterocycles. The van der Waals surface area contributed by atoms with Crippen molar-refractivity contribution in [1.29, 1.82) is 0 Å². The number of nitrogens with one attached hydrogen (secondary N) is 1. The first-order chi connectivity index (χ1) is 11.4. The van der Waals surface area contributed by atoms with Crippen molar-refractivity contribution in [1.82, 2.24) is 9.47 Å². The van der Waals surface area contributed by atoms with Crippen LogP contribution in [0.15, 0.2) is 30.3 Å². The molecule has 3 rings (SSSR count). The maximum atomic E-state index is 12.9. The van der Waals surface area contributed by atoms with Gasteiger partial charge in [-0.15, -0.1) is 0 Å². The number of anilines is 1. The number of carbonyl (C=O) groups excluding carboxylic acids is 1. The second-order valence-corrected chi connectivity index (χ2v) is 7.25. The Balaban J connectivity index is 1.86. The van der Waals surface area contributed by atoms with Crippen LogP contribution in [0.25, 0.3) is 0 Å². The van der Waals surface area contributed by atoms with Gasteiger partial charge in [0.2, 0.25) is 0 Å². The molecule has 2 heterocycles. The molecule has 2 aromatic rings. The van der Waals surface area contributed by atoms with Crippen LogP contribution in [0.2, 0.25) is 5.02 Å². The highest BCUT2D eigenvalue weighted by Gasteiger charge is 2.33. The second kappa shape index (κ2) is 6.52. The molecule has 0 fully saturated rings. The molecular formula is C19H24ClN3O. The van der Waals surface area contributed by atoms with Crippen LogP contribution in [0.3, 0.4) is 0 Å². The van der Waals surface area contributed by atoms with Crippen LogP contribution in [0.5, 0.6) is 0 Å². The van der Waals surface area contributed by atoms with E-state index in [1.54, 1.807) is 0 Å². The van der Waals surface area contributed by atoms with Gasteiger partial charge in [-0.3, -0.25) is 0 Å². The number of nitrogens with zero attached hydrogens (tertiary/aromatic N) is 2. The quantitative estimate of drug-likeness (QED) is 0.816. The van der Waals surface area contributed by atoms with Crippen molar-refractivity contribution >= 4 is 23.3 Å². The minimum Gasteiger partial charge on any atom is -0.345 e. The number of aryl methyl sites for hydroxylation is 2. The van der Waals surface area contributed by atoms with Crippen molar-refractivity contribution in [3.8, 4) is 0 Å². The standard InChI is InChI=1S/C19H24ClN3O/c1-12(2)18-17-8-6-14(4)22(17)9-10-23(18)19(24)21-16-7-5-13(3)11-15(16)20/h5-8,11-12,18H,9-10H2,1-4H3,(H,21,24)/t18-/m1/s1. The number of aromatic nitrogens is 1. The van der Waals surface area contributed by atoms with Gasteiger partial charge in [0.1, 0.15) is 0 Å². The number of amides is 2. The number of carbonyl (C=O) groups is 1. The molecule has 128 valence electrons. The zero-order chi connectivity index (χ0) is 17.4.